The van der Waals surface area contributed by atoms with Crippen molar-refractivity contribution in [1.29, 1.82) is 5.26 Å². The maximum absolute atomic E-state index is 12.1. The third-order valence-corrected chi connectivity index (χ3v) is 4.53. The van der Waals surface area contributed by atoms with Gasteiger partial charge >= 0.3 is 5.97 Å². The average Bonchev–Trinajstić information content (AvgIpc) is 2.76. The van der Waals surface area contributed by atoms with Crippen LogP contribution in [0, 0.1) is 11.3 Å². The van der Waals surface area contributed by atoms with Crippen molar-refractivity contribution in [1.82, 2.24) is 0 Å². The summed E-state index contributed by atoms with van der Waals surface area (Å²) in [6.07, 6.45) is 5.60. The second-order valence-corrected chi connectivity index (χ2v) is 6.63. The number of allylic oxidation sites excluding steroid dienone is 2. The Hall–Kier alpha value is -3.65. The van der Waals surface area contributed by atoms with Gasteiger partial charge in [0, 0.05) is 6.42 Å². The standard InChI is InChI=1S/C25H25NO4/c1-3-6-19-7-4-5-8-20(19)9-12-23(27)17-25(28)30-16-15-22(18-26)21-10-13-24(29-2)14-11-21/h3-5,7-14,22H,1,6,15-17H2,2H3. The predicted molar refractivity (Wildman–Crippen MR) is 116 cm³/mol. The van der Waals surface area contributed by atoms with Crippen LogP contribution in [0.1, 0.15) is 35.4 Å². The summed E-state index contributed by atoms with van der Waals surface area (Å²) in [6.45, 7) is 3.80. The Balaban J connectivity index is 1.81. The van der Waals surface area contributed by atoms with Gasteiger partial charge in [-0.2, -0.15) is 5.26 Å². The Labute approximate surface area is 177 Å². The number of nitrogens with zero attached hydrogens (tertiary/aromatic N) is 1. The monoisotopic (exact) mass is 403 g/mol. The van der Waals surface area contributed by atoms with Crippen molar-refractivity contribution in [3.05, 3.63) is 84.0 Å². The Morgan fingerprint density at radius 2 is 1.90 bits per heavy atom. The highest BCUT2D eigenvalue weighted by atomic mass is 16.5. The number of ether oxygens (including phenoxy) is 2. The molecule has 2 aromatic rings. The molecule has 0 radical (unpaired) electrons. The largest absolute Gasteiger partial charge is 0.497 e. The van der Waals surface area contributed by atoms with Crippen LogP contribution >= 0.6 is 0 Å². The molecule has 0 heterocycles. The smallest absolute Gasteiger partial charge is 0.313 e. The van der Waals surface area contributed by atoms with Gasteiger partial charge in [0.05, 0.1) is 25.7 Å². The van der Waals surface area contributed by atoms with E-state index in [-0.39, 0.29) is 18.8 Å². The maximum Gasteiger partial charge on any atom is 0.313 e. The van der Waals surface area contributed by atoms with Crippen LogP contribution in [0.15, 0.2) is 67.3 Å². The molecule has 154 valence electrons. The van der Waals surface area contributed by atoms with Crippen molar-refractivity contribution in [2.24, 2.45) is 0 Å². The molecule has 0 aliphatic heterocycles. The Kier molecular flexibility index (Phi) is 9.08. The lowest BCUT2D eigenvalue weighted by Gasteiger charge is -2.10. The van der Waals surface area contributed by atoms with Crippen molar-refractivity contribution < 1.29 is 19.1 Å². The summed E-state index contributed by atoms with van der Waals surface area (Å²) in [7, 11) is 1.58. The van der Waals surface area contributed by atoms with Gasteiger partial charge in [0.1, 0.15) is 12.2 Å². The molecule has 0 aromatic heterocycles. The summed E-state index contributed by atoms with van der Waals surface area (Å²) in [5.41, 5.74) is 2.79. The van der Waals surface area contributed by atoms with Gasteiger partial charge in [-0.1, -0.05) is 48.6 Å². The van der Waals surface area contributed by atoms with Gasteiger partial charge < -0.3 is 9.47 Å². The zero-order valence-corrected chi connectivity index (χ0v) is 17.0. The topological polar surface area (TPSA) is 76.4 Å². The van der Waals surface area contributed by atoms with Crippen molar-refractivity contribution in [3.63, 3.8) is 0 Å². The molecule has 0 aliphatic carbocycles. The third-order valence-electron chi connectivity index (χ3n) is 4.53. The molecule has 2 aromatic carbocycles. The van der Waals surface area contributed by atoms with Crippen LogP contribution in [0.3, 0.4) is 0 Å². The van der Waals surface area contributed by atoms with Gasteiger partial charge in [-0.05, 0) is 41.3 Å². The maximum atomic E-state index is 12.1. The Bertz CT molecular complexity index is 938. The summed E-state index contributed by atoms with van der Waals surface area (Å²) in [5.74, 6) is -0.628. The second kappa shape index (κ2) is 12.0. The first-order chi connectivity index (χ1) is 14.6. The number of hydrogen-bond donors (Lipinski definition) is 0. The molecule has 5 nitrogen and oxygen atoms in total. The number of carbonyl (C=O) groups excluding carboxylic acids is 2. The molecule has 0 bridgehead atoms. The van der Waals surface area contributed by atoms with Crippen LogP contribution in [-0.2, 0) is 20.7 Å². The molecule has 0 saturated heterocycles. The molecule has 0 amide bonds. The van der Waals surface area contributed by atoms with E-state index in [1.54, 1.807) is 31.4 Å². The quantitative estimate of drug-likeness (QED) is 0.236. The van der Waals surface area contributed by atoms with Crippen LogP contribution in [0.4, 0.5) is 0 Å². The molecule has 0 N–H and O–H groups in total. The fraction of sp³-hybridized carbons (Fsp3) is 0.240. The summed E-state index contributed by atoms with van der Waals surface area (Å²) in [4.78, 5) is 24.0. The third kappa shape index (κ3) is 7.06. The highest BCUT2D eigenvalue weighted by molar-refractivity contribution is 6.04. The SMILES string of the molecule is C=CCc1ccccc1C=CC(=O)CC(=O)OCCC(C#N)c1ccc(OC)cc1. The highest BCUT2D eigenvalue weighted by Gasteiger charge is 2.13. The van der Waals surface area contributed by atoms with Crippen LogP contribution < -0.4 is 4.74 Å². The van der Waals surface area contributed by atoms with Gasteiger partial charge in [-0.3, -0.25) is 9.59 Å². The lowest BCUT2D eigenvalue weighted by atomic mass is 9.97. The van der Waals surface area contributed by atoms with Crippen LogP contribution in [0.2, 0.25) is 0 Å². The van der Waals surface area contributed by atoms with Gasteiger partial charge in [0.15, 0.2) is 5.78 Å². The molecule has 1 atom stereocenters. The molecule has 30 heavy (non-hydrogen) atoms. The minimum absolute atomic E-state index is 0.0717. The molecular weight excluding hydrogens is 378 g/mol. The van der Waals surface area contributed by atoms with Crippen LogP contribution in [-0.4, -0.2) is 25.5 Å². The van der Waals surface area contributed by atoms with Gasteiger partial charge in [-0.15, -0.1) is 6.58 Å². The van der Waals surface area contributed by atoms with Gasteiger partial charge in [0.2, 0.25) is 0 Å². The molecular formula is C25H25NO4. The number of benzene rings is 2. The number of ketones is 1. The number of rotatable bonds is 11. The summed E-state index contributed by atoms with van der Waals surface area (Å²) < 4.78 is 10.2. The Morgan fingerprint density at radius 3 is 2.57 bits per heavy atom. The average molecular weight is 403 g/mol. The van der Waals surface area contributed by atoms with Crippen molar-refractivity contribution in [3.8, 4) is 11.8 Å². The van der Waals surface area contributed by atoms with Crippen LogP contribution in [0.25, 0.3) is 6.08 Å². The van der Waals surface area contributed by atoms with E-state index in [0.717, 1.165) is 16.7 Å². The predicted octanol–water partition coefficient (Wildman–Crippen LogP) is 4.64. The van der Waals surface area contributed by atoms with E-state index in [0.29, 0.717) is 18.6 Å². The second-order valence-electron chi connectivity index (χ2n) is 6.63. The summed E-state index contributed by atoms with van der Waals surface area (Å²) in [6, 6.07) is 17.1. The van der Waals surface area contributed by atoms with E-state index < -0.39 is 11.9 Å². The van der Waals surface area contributed by atoms with Crippen molar-refractivity contribution in [2.45, 2.75) is 25.2 Å². The minimum Gasteiger partial charge on any atom is -0.497 e. The molecule has 0 aliphatic rings. The molecule has 2 rings (SSSR count). The molecule has 0 spiro atoms. The Morgan fingerprint density at radius 1 is 1.17 bits per heavy atom. The van der Waals surface area contributed by atoms with E-state index in [1.165, 1.54) is 6.08 Å². The van der Waals surface area contributed by atoms with Gasteiger partial charge in [-0.25, -0.2) is 0 Å². The lowest BCUT2D eigenvalue weighted by Crippen LogP contribution is -2.12. The van der Waals surface area contributed by atoms with E-state index in [9.17, 15) is 14.9 Å². The first-order valence-electron chi connectivity index (χ1n) is 9.66. The number of carbonyl (C=O) groups is 2. The molecule has 0 fully saturated rings. The summed E-state index contributed by atoms with van der Waals surface area (Å²) in [5, 5.41) is 9.36. The molecule has 0 saturated carbocycles. The zero-order valence-electron chi connectivity index (χ0n) is 17.0. The highest BCUT2D eigenvalue weighted by Crippen LogP contribution is 2.22. The zero-order chi connectivity index (χ0) is 21.8. The van der Waals surface area contributed by atoms with Crippen molar-refractivity contribution >= 4 is 17.8 Å². The number of nitriles is 1. The number of esters is 1. The molecule has 5 heteroatoms. The van der Waals surface area contributed by atoms with Crippen LogP contribution in [0.5, 0.6) is 5.75 Å². The van der Waals surface area contributed by atoms with Crippen molar-refractivity contribution in [2.75, 3.05) is 13.7 Å². The fourth-order valence-electron chi connectivity index (χ4n) is 2.91. The minimum atomic E-state index is -0.601. The first-order valence-corrected chi connectivity index (χ1v) is 9.66. The summed E-state index contributed by atoms with van der Waals surface area (Å²) >= 11 is 0. The number of hydrogen-bond acceptors (Lipinski definition) is 5. The van der Waals surface area contributed by atoms with E-state index >= 15 is 0 Å². The van der Waals surface area contributed by atoms with E-state index in [1.807, 2.05) is 36.4 Å². The first kappa shape index (κ1) is 22.6. The van der Waals surface area contributed by atoms with E-state index in [4.69, 9.17) is 9.47 Å². The molecule has 1 unspecified atom stereocenters. The normalized spacial score (nSPS) is 11.5. The van der Waals surface area contributed by atoms with E-state index in [2.05, 4.69) is 12.6 Å². The van der Waals surface area contributed by atoms with Gasteiger partial charge in [0.25, 0.3) is 0 Å². The fourth-order valence-corrected chi connectivity index (χ4v) is 2.91. The number of methoxy groups -OCH3 is 1. The lowest BCUT2D eigenvalue weighted by molar-refractivity contribution is -0.145.